The average molecular weight is 305 g/mol. The summed E-state index contributed by atoms with van der Waals surface area (Å²) in [5.74, 6) is -0.0185. The summed E-state index contributed by atoms with van der Waals surface area (Å²) in [6.07, 6.45) is -4.78. The monoisotopic (exact) mass is 305 g/mol. The zero-order chi connectivity index (χ0) is 15.9. The Balaban J connectivity index is 2.38. The summed E-state index contributed by atoms with van der Waals surface area (Å²) < 4.78 is 45.6. The molecule has 21 heavy (non-hydrogen) atoms. The van der Waals surface area contributed by atoms with Gasteiger partial charge in [-0.3, -0.25) is 4.79 Å². The lowest BCUT2D eigenvalue weighted by Crippen LogP contribution is -2.33. The number of hydrogen-bond acceptors (Lipinski definition) is 4. The molecule has 0 saturated heterocycles. The Bertz CT molecular complexity index is 446. The summed E-state index contributed by atoms with van der Waals surface area (Å²) in [5, 5.41) is 0. The van der Waals surface area contributed by atoms with Crippen LogP contribution in [-0.2, 0) is 16.0 Å². The second kappa shape index (κ2) is 7.87. The van der Waals surface area contributed by atoms with Crippen LogP contribution in [0.4, 0.5) is 13.2 Å². The highest BCUT2D eigenvalue weighted by Crippen LogP contribution is 2.21. The van der Waals surface area contributed by atoms with Gasteiger partial charge in [-0.15, -0.1) is 0 Å². The second-order valence-electron chi connectivity index (χ2n) is 4.54. The summed E-state index contributed by atoms with van der Waals surface area (Å²) in [6.45, 7) is 0.000527. The fraction of sp³-hybridized carbons (Fsp3) is 0.500. The Kier molecular flexibility index (Phi) is 6.48. The molecule has 1 rings (SSSR count). The van der Waals surface area contributed by atoms with Crippen molar-refractivity contribution in [3.8, 4) is 5.75 Å². The van der Waals surface area contributed by atoms with E-state index in [1.165, 1.54) is 7.11 Å². The minimum Gasteiger partial charge on any atom is -0.494 e. The lowest BCUT2D eigenvalue weighted by molar-refractivity contribution is -0.142. The number of carbonyl (C=O) groups is 1. The van der Waals surface area contributed by atoms with E-state index in [4.69, 9.17) is 10.5 Å². The molecule has 0 fully saturated rings. The Morgan fingerprint density at radius 2 is 1.90 bits per heavy atom. The molecule has 0 aliphatic heterocycles. The Morgan fingerprint density at radius 1 is 1.29 bits per heavy atom. The predicted octanol–water partition coefficient (Wildman–Crippen LogP) is 2.45. The zero-order valence-electron chi connectivity index (χ0n) is 11.7. The summed E-state index contributed by atoms with van der Waals surface area (Å²) >= 11 is 0. The van der Waals surface area contributed by atoms with Gasteiger partial charge in [-0.1, -0.05) is 12.1 Å². The van der Waals surface area contributed by atoms with E-state index >= 15 is 0 Å². The molecule has 0 aromatic heterocycles. The number of nitrogens with two attached hydrogens (primary N) is 1. The smallest absolute Gasteiger partial charge is 0.389 e. The number of hydrogen-bond donors (Lipinski definition) is 1. The van der Waals surface area contributed by atoms with Crippen molar-refractivity contribution in [3.63, 3.8) is 0 Å². The third-order valence-corrected chi connectivity index (χ3v) is 2.76. The maximum atomic E-state index is 11.9. The molecule has 0 spiro atoms. The van der Waals surface area contributed by atoms with E-state index in [1.54, 1.807) is 24.3 Å². The maximum absolute atomic E-state index is 11.9. The number of carbonyl (C=O) groups excluding carboxylic acids is 1. The van der Waals surface area contributed by atoms with Crippen molar-refractivity contribution < 1.29 is 27.4 Å². The van der Waals surface area contributed by atoms with Gasteiger partial charge in [0.1, 0.15) is 11.8 Å². The summed E-state index contributed by atoms with van der Waals surface area (Å²) in [7, 11) is 1.26. The molecule has 1 unspecified atom stereocenters. The number of methoxy groups -OCH3 is 1. The third-order valence-electron chi connectivity index (χ3n) is 2.76. The van der Waals surface area contributed by atoms with Crippen molar-refractivity contribution in [1.29, 1.82) is 0 Å². The van der Waals surface area contributed by atoms with Crippen molar-refractivity contribution in [2.24, 2.45) is 5.73 Å². The van der Waals surface area contributed by atoms with E-state index in [0.29, 0.717) is 12.2 Å². The van der Waals surface area contributed by atoms with Crippen molar-refractivity contribution >= 4 is 5.97 Å². The first kappa shape index (κ1) is 17.3. The molecule has 0 bridgehead atoms. The van der Waals surface area contributed by atoms with Gasteiger partial charge in [-0.25, -0.2) is 0 Å². The quantitative estimate of drug-likeness (QED) is 0.621. The zero-order valence-corrected chi connectivity index (χ0v) is 11.7. The number of esters is 1. The molecule has 0 radical (unpaired) electrons. The van der Waals surface area contributed by atoms with Crippen molar-refractivity contribution in [2.45, 2.75) is 31.5 Å². The topological polar surface area (TPSA) is 61.5 Å². The van der Waals surface area contributed by atoms with E-state index in [1.807, 2.05) is 0 Å². The van der Waals surface area contributed by atoms with Crippen LogP contribution in [0, 0.1) is 0 Å². The molecule has 2 N–H and O–H groups in total. The fourth-order valence-corrected chi connectivity index (χ4v) is 1.67. The minimum atomic E-state index is -4.16. The Labute approximate surface area is 121 Å². The number of halogens is 3. The molecule has 118 valence electrons. The molecule has 1 aromatic rings. The summed E-state index contributed by atoms with van der Waals surface area (Å²) in [6, 6.07) is 5.94. The lowest BCUT2D eigenvalue weighted by atomic mass is 10.1. The van der Waals surface area contributed by atoms with Crippen LogP contribution < -0.4 is 10.5 Å². The normalized spacial score (nSPS) is 12.8. The first-order valence-electron chi connectivity index (χ1n) is 6.43. The lowest BCUT2D eigenvalue weighted by Gasteiger charge is -2.11. The van der Waals surface area contributed by atoms with Gasteiger partial charge in [0.25, 0.3) is 0 Å². The van der Waals surface area contributed by atoms with Crippen LogP contribution in [0.2, 0.25) is 0 Å². The first-order chi connectivity index (χ1) is 9.81. The number of rotatable bonds is 7. The number of alkyl halides is 3. The molecule has 0 aliphatic carbocycles. The van der Waals surface area contributed by atoms with E-state index in [0.717, 1.165) is 5.56 Å². The highest BCUT2D eigenvalue weighted by atomic mass is 19.4. The van der Waals surface area contributed by atoms with Crippen LogP contribution in [0.25, 0.3) is 0 Å². The molecule has 1 atom stereocenters. The SMILES string of the molecule is COC(=O)C(N)Cc1ccc(OCCCC(F)(F)F)cc1. The molecule has 0 saturated carbocycles. The van der Waals surface area contributed by atoms with Gasteiger partial charge in [-0.2, -0.15) is 13.2 Å². The third kappa shape index (κ3) is 6.99. The second-order valence-corrected chi connectivity index (χ2v) is 4.54. The van der Waals surface area contributed by atoms with Crippen LogP contribution in [-0.4, -0.2) is 31.9 Å². The van der Waals surface area contributed by atoms with Crippen LogP contribution in [0.1, 0.15) is 18.4 Å². The average Bonchev–Trinajstić information content (AvgIpc) is 2.43. The van der Waals surface area contributed by atoms with E-state index < -0.39 is 24.6 Å². The highest BCUT2D eigenvalue weighted by Gasteiger charge is 2.26. The van der Waals surface area contributed by atoms with E-state index in [2.05, 4.69) is 4.74 Å². The summed E-state index contributed by atoms with van der Waals surface area (Å²) in [5.41, 5.74) is 6.44. The van der Waals surface area contributed by atoms with Gasteiger partial charge in [0.05, 0.1) is 13.7 Å². The molecular weight excluding hydrogens is 287 g/mol. The van der Waals surface area contributed by atoms with Crippen LogP contribution in [0.5, 0.6) is 5.75 Å². The summed E-state index contributed by atoms with van der Waals surface area (Å²) in [4.78, 5) is 11.2. The van der Waals surface area contributed by atoms with Gasteiger partial charge in [0.15, 0.2) is 0 Å². The molecule has 0 amide bonds. The highest BCUT2D eigenvalue weighted by molar-refractivity contribution is 5.75. The predicted molar refractivity (Wildman–Crippen MR) is 70.9 cm³/mol. The molecule has 7 heteroatoms. The van der Waals surface area contributed by atoms with Crippen LogP contribution >= 0.6 is 0 Å². The van der Waals surface area contributed by atoms with Gasteiger partial charge < -0.3 is 15.2 Å². The molecule has 1 aromatic carbocycles. The fourth-order valence-electron chi connectivity index (χ4n) is 1.67. The van der Waals surface area contributed by atoms with Gasteiger partial charge >= 0.3 is 12.1 Å². The van der Waals surface area contributed by atoms with Crippen LogP contribution in [0.3, 0.4) is 0 Å². The van der Waals surface area contributed by atoms with Gasteiger partial charge in [0, 0.05) is 6.42 Å². The van der Waals surface area contributed by atoms with Crippen LogP contribution in [0.15, 0.2) is 24.3 Å². The van der Waals surface area contributed by atoms with Crippen molar-refractivity contribution in [3.05, 3.63) is 29.8 Å². The van der Waals surface area contributed by atoms with E-state index in [9.17, 15) is 18.0 Å². The number of ether oxygens (including phenoxy) is 2. The Morgan fingerprint density at radius 3 is 2.43 bits per heavy atom. The molecule has 4 nitrogen and oxygen atoms in total. The Hall–Kier alpha value is -1.76. The van der Waals surface area contributed by atoms with Gasteiger partial charge in [0.2, 0.25) is 0 Å². The first-order valence-corrected chi connectivity index (χ1v) is 6.43. The van der Waals surface area contributed by atoms with E-state index in [-0.39, 0.29) is 13.0 Å². The maximum Gasteiger partial charge on any atom is 0.389 e. The van der Waals surface area contributed by atoms with Gasteiger partial charge in [-0.05, 0) is 30.5 Å². The molecular formula is C14H18F3NO3. The molecule has 0 heterocycles. The van der Waals surface area contributed by atoms with Crippen molar-refractivity contribution in [1.82, 2.24) is 0 Å². The number of benzene rings is 1. The molecule has 0 aliphatic rings. The largest absolute Gasteiger partial charge is 0.494 e. The minimum absolute atomic E-state index is 0.000527. The standard InChI is InChI=1S/C14H18F3NO3/c1-20-13(19)12(18)9-10-3-5-11(6-4-10)21-8-2-7-14(15,16)17/h3-6,12H,2,7-9,18H2,1H3. The van der Waals surface area contributed by atoms with Crippen molar-refractivity contribution in [2.75, 3.05) is 13.7 Å².